The Bertz CT molecular complexity index is 947. The molecule has 2 aromatic rings. The van der Waals surface area contributed by atoms with E-state index in [1.54, 1.807) is 21.0 Å². The van der Waals surface area contributed by atoms with Gasteiger partial charge in [-0.15, -0.1) is 0 Å². The Labute approximate surface area is 209 Å². The number of hydrogen-bond acceptors (Lipinski definition) is 4. The van der Waals surface area contributed by atoms with E-state index in [9.17, 15) is 9.18 Å². The SMILES string of the molecule is COCC1CCCN1C(=O)c1ccc(-c2ccc(OCC3CCN(CC(C)(C)F)CC3)cc2)cc1. The molecule has 0 aromatic heterocycles. The second-order valence-electron chi connectivity index (χ2n) is 10.6. The molecule has 0 aliphatic carbocycles. The van der Waals surface area contributed by atoms with E-state index in [1.807, 2.05) is 41.3 Å². The Kier molecular flexibility index (Phi) is 8.45. The summed E-state index contributed by atoms with van der Waals surface area (Å²) in [6, 6.07) is 16.2. The van der Waals surface area contributed by atoms with Crippen molar-refractivity contribution in [2.45, 2.75) is 51.2 Å². The summed E-state index contributed by atoms with van der Waals surface area (Å²) in [4.78, 5) is 17.1. The van der Waals surface area contributed by atoms with Crippen molar-refractivity contribution in [3.63, 3.8) is 0 Å². The molecule has 5 nitrogen and oxygen atoms in total. The number of amides is 1. The largest absolute Gasteiger partial charge is 0.493 e. The normalized spacial score (nSPS) is 19.8. The Morgan fingerprint density at radius 2 is 1.57 bits per heavy atom. The lowest BCUT2D eigenvalue weighted by atomic mass is 9.97. The van der Waals surface area contributed by atoms with Crippen LogP contribution in [0.3, 0.4) is 0 Å². The van der Waals surface area contributed by atoms with Gasteiger partial charge < -0.3 is 19.3 Å². The van der Waals surface area contributed by atoms with Crippen molar-refractivity contribution in [3.05, 3.63) is 54.1 Å². The molecule has 2 aliphatic rings. The predicted molar refractivity (Wildman–Crippen MR) is 138 cm³/mol. The lowest BCUT2D eigenvalue weighted by Gasteiger charge is -2.34. The lowest BCUT2D eigenvalue weighted by molar-refractivity contribution is 0.0630. The van der Waals surface area contributed by atoms with E-state index in [0.29, 0.717) is 25.7 Å². The Balaban J connectivity index is 1.27. The van der Waals surface area contributed by atoms with Gasteiger partial charge in [-0.2, -0.15) is 0 Å². The molecule has 2 heterocycles. The van der Waals surface area contributed by atoms with E-state index in [2.05, 4.69) is 17.0 Å². The van der Waals surface area contributed by atoms with Gasteiger partial charge in [-0.1, -0.05) is 24.3 Å². The average Bonchev–Trinajstić information content (AvgIpc) is 3.31. The molecule has 0 spiro atoms. The minimum absolute atomic E-state index is 0.0825. The maximum absolute atomic E-state index is 13.9. The van der Waals surface area contributed by atoms with Crippen LogP contribution in [0.1, 0.15) is 49.9 Å². The third-order valence-corrected chi connectivity index (χ3v) is 7.11. The smallest absolute Gasteiger partial charge is 0.254 e. The second kappa shape index (κ2) is 11.5. The van der Waals surface area contributed by atoms with Crippen LogP contribution in [0, 0.1) is 5.92 Å². The fourth-order valence-corrected chi connectivity index (χ4v) is 5.24. The van der Waals surface area contributed by atoms with Gasteiger partial charge in [0.05, 0.1) is 19.3 Å². The van der Waals surface area contributed by atoms with Crippen LogP contribution < -0.4 is 4.74 Å². The van der Waals surface area contributed by atoms with Gasteiger partial charge in [0, 0.05) is 25.8 Å². The molecule has 1 atom stereocenters. The molecule has 6 heteroatoms. The number of piperidine rings is 1. The molecule has 4 rings (SSSR count). The Hall–Kier alpha value is -2.44. The van der Waals surface area contributed by atoms with Crippen molar-refractivity contribution >= 4 is 5.91 Å². The van der Waals surface area contributed by atoms with Crippen molar-refractivity contribution < 1.29 is 18.7 Å². The van der Waals surface area contributed by atoms with Crippen LogP contribution in [0.5, 0.6) is 5.75 Å². The highest BCUT2D eigenvalue weighted by Crippen LogP contribution is 2.26. The summed E-state index contributed by atoms with van der Waals surface area (Å²) in [6.07, 6.45) is 4.12. The standard InChI is InChI=1S/C29H39FN2O3/c1-29(2,30)21-31-17-14-22(15-18-31)19-35-27-12-10-24(11-13-27)23-6-8-25(9-7-23)28(33)32-16-4-5-26(32)20-34-3/h6-13,22,26H,4-5,14-21H2,1-3H3. The molecule has 2 aliphatic heterocycles. The first-order chi connectivity index (χ1) is 16.8. The number of carbonyl (C=O) groups is 1. The minimum Gasteiger partial charge on any atom is -0.493 e. The van der Waals surface area contributed by atoms with Crippen LogP contribution in [0.4, 0.5) is 4.39 Å². The zero-order valence-corrected chi connectivity index (χ0v) is 21.3. The Morgan fingerprint density at radius 1 is 0.943 bits per heavy atom. The number of nitrogens with zero attached hydrogens (tertiary/aromatic N) is 2. The van der Waals surface area contributed by atoms with E-state index in [0.717, 1.165) is 67.8 Å². The van der Waals surface area contributed by atoms with Gasteiger partial charge in [-0.3, -0.25) is 4.79 Å². The van der Waals surface area contributed by atoms with E-state index in [-0.39, 0.29) is 11.9 Å². The van der Waals surface area contributed by atoms with E-state index in [1.165, 1.54) is 0 Å². The van der Waals surface area contributed by atoms with Crippen LogP contribution >= 0.6 is 0 Å². The summed E-state index contributed by atoms with van der Waals surface area (Å²) in [7, 11) is 1.69. The number of hydrogen-bond donors (Lipinski definition) is 0. The summed E-state index contributed by atoms with van der Waals surface area (Å²) in [5.74, 6) is 1.46. The summed E-state index contributed by atoms with van der Waals surface area (Å²) in [5.41, 5.74) is 1.75. The quantitative estimate of drug-likeness (QED) is 0.477. The van der Waals surface area contributed by atoms with Crippen LogP contribution in [0.15, 0.2) is 48.5 Å². The lowest BCUT2D eigenvalue weighted by Crippen LogP contribution is -2.41. The summed E-state index contributed by atoms with van der Waals surface area (Å²) < 4.78 is 25.2. The molecule has 190 valence electrons. The van der Waals surface area contributed by atoms with Gasteiger partial charge in [-0.25, -0.2) is 4.39 Å². The molecule has 2 aromatic carbocycles. The number of benzene rings is 2. The van der Waals surface area contributed by atoms with Crippen molar-refractivity contribution in [2.24, 2.45) is 5.92 Å². The van der Waals surface area contributed by atoms with Crippen molar-refractivity contribution in [1.82, 2.24) is 9.80 Å². The first kappa shape index (κ1) is 25.6. The first-order valence-electron chi connectivity index (χ1n) is 12.9. The fourth-order valence-electron chi connectivity index (χ4n) is 5.24. The zero-order valence-electron chi connectivity index (χ0n) is 21.3. The molecule has 0 saturated carbocycles. The number of carbonyl (C=O) groups excluding carboxylic acids is 1. The van der Waals surface area contributed by atoms with Crippen molar-refractivity contribution in [1.29, 1.82) is 0 Å². The third-order valence-electron chi connectivity index (χ3n) is 7.11. The molecule has 0 N–H and O–H groups in total. The molecule has 1 amide bonds. The monoisotopic (exact) mass is 482 g/mol. The number of likely N-dealkylation sites (tertiary alicyclic amines) is 2. The minimum atomic E-state index is -1.14. The van der Waals surface area contributed by atoms with Gasteiger partial charge in [0.25, 0.3) is 5.91 Å². The molecule has 2 saturated heterocycles. The maximum atomic E-state index is 13.9. The average molecular weight is 483 g/mol. The fraction of sp³-hybridized carbons (Fsp3) is 0.552. The van der Waals surface area contributed by atoms with Crippen molar-refractivity contribution in [2.75, 3.05) is 46.5 Å². The summed E-state index contributed by atoms with van der Waals surface area (Å²) >= 11 is 0. The highest BCUT2D eigenvalue weighted by Gasteiger charge is 2.29. The Morgan fingerprint density at radius 3 is 2.17 bits per heavy atom. The second-order valence-corrected chi connectivity index (χ2v) is 10.6. The summed E-state index contributed by atoms with van der Waals surface area (Å²) in [6.45, 7) is 7.75. The molecule has 0 bridgehead atoms. The highest BCUT2D eigenvalue weighted by molar-refractivity contribution is 5.95. The number of methoxy groups -OCH3 is 1. The van der Waals surface area contributed by atoms with Gasteiger partial charge >= 0.3 is 0 Å². The van der Waals surface area contributed by atoms with E-state index >= 15 is 0 Å². The van der Waals surface area contributed by atoms with Crippen molar-refractivity contribution in [3.8, 4) is 16.9 Å². The highest BCUT2D eigenvalue weighted by atomic mass is 19.1. The molecular weight excluding hydrogens is 443 g/mol. The zero-order chi connectivity index (χ0) is 24.8. The van der Waals surface area contributed by atoms with Crippen LogP contribution in [0.25, 0.3) is 11.1 Å². The van der Waals surface area contributed by atoms with E-state index in [4.69, 9.17) is 9.47 Å². The van der Waals surface area contributed by atoms with E-state index < -0.39 is 5.67 Å². The number of rotatable bonds is 9. The maximum Gasteiger partial charge on any atom is 0.254 e. The summed E-state index contributed by atoms with van der Waals surface area (Å²) in [5, 5.41) is 0. The number of alkyl halides is 1. The van der Waals surface area contributed by atoms with Gasteiger partial charge in [0.2, 0.25) is 0 Å². The van der Waals surface area contributed by atoms with Crippen LogP contribution in [-0.4, -0.2) is 73.9 Å². The molecule has 35 heavy (non-hydrogen) atoms. The molecule has 1 unspecified atom stereocenters. The topological polar surface area (TPSA) is 42.0 Å². The first-order valence-corrected chi connectivity index (χ1v) is 12.9. The van der Waals surface area contributed by atoms with Gasteiger partial charge in [0.15, 0.2) is 0 Å². The number of halogens is 1. The third kappa shape index (κ3) is 7.05. The predicted octanol–water partition coefficient (Wildman–Crippen LogP) is 5.44. The van der Waals surface area contributed by atoms with Crippen LogP contribution in [0.2, 0.25) is 0 Å². The van der Waals surface area contributed by atoms with Gasteiger partial charge in [0.1, 0.15) is 11.4 Å². The number of ether oxygens (including phenoxy) is 2. The molecule has 0 radical (unpaired) electrons. The van der Waals surface area contributed by atoms with Crippen LogP contribution in [-0.2, 0) is 4.74 Å². The molecular formula is C29H39FN2O3. The molecule has 2 fully saturated rings. The van der Waals surface area contributed by atoms with Gasteiger partial charge in [-0.05, 0) is 93.9 Å².